The highest BCUT2D eigenvalue weighted by molar-refractivity contribution is 7.91. The Kier molecular flexibility index (Phi) is 3.05. The molecule has 2 heterocycles. The summed E-state index contributed by atoms with van der Waals surface area (Å²) < 4.78 is 15.7. The molecule has 0 amide bonds. The molecule has 16 heavy (non-hydrogen) atoms. The zero-order valence-electron chi connectivity index (χ0n) is 10.5. The van der Waals surface area contributed by atoms with E-state index in [1.807, 2.05) is 27.0 Å². The van der Waals surface area contributed by atoms with Gasteiger partial charge in [-0.3, -0.25) is 0 Å². The summed E-state index contributed by atoms with van der Waals surface area (Å²) >= 11 is -1.14. The Morgan fingerprint density at radius 2 is 2.06 bits per heavy atom. The van der Waals surface area contributed by atoms with Crippen LogP contribution >= 0.6 is 0 Å². The van der Waals surface area contributed by atoms with Gasteiger partial charge in [-0.25, -0.2) is 0 Å². The van der Waals surface area contributed by atoms with Gasteiger partial charge >= 0.3 is 0 Å². The zero-order valence-corrected chi connectivity index (χ0v) is 11.3. The first-order valence-electron chi connectivity index (χ1n) is 5.77. The normalized spacial score (nSPS) is 23.9. The van der Waals surface area contributed by atoms with Crippen molar-refractivity contribution in [2.24, 2.45) is 10.3 Å². The zero-order chi connectivity index (χ0) is 11.9. The van der Waals surface area contributed by atoms with E-state index in [4.69, 9.17) is 0 Å². The van der Waals surface area contributed by atoms with E-state index in [1.54, 1.807) is 0 Å². The Bertz CT molecular complexity index is 335. The minimum atomic E-state index is -1.14. The van der Waals surface area contributed by atoms with E-state index in [0.717, 1.165) is 12.5 Å². The van der Waals surface area contributed by atoms with Gasteiger partial charge in [-0.15, -0.1) is 0 Å². The minimum absolute atomic E-state index is 0.267. The van der Waals surface area contributed by atoms with Crippen LogP contribution in [0.25, 0.3) is 0 Å². The highest BCUT2D eigenvalue weighted by Gasteiger charge is 2.34. The van der Waals surface area contributed by atoms with Gasteiger partial charge in [-0.05, 0) is 45.1 Å². The number of hydrogen-bond acceptors (Lipinski definition) is 3. The molecule has 0 aromatic rings. The topological polar surface area (TPSA) is 38.7 Å². The molecule has 2 aliphatic heterocycles. The molecule has 90 valence electrons. The molecule has 1 saturated carbocycles. The maximum atomic E-state index is 11.8. The van der Waals surface area contributed by atoms with E-state index in [-0.39, 0.29) is 4.75 Å². The Labute approximate surface area is 101 Å². The highest BCUT2D eigenvalue weighted by atomic mass is 32.2. The number of rotatable bonds is 2. The number of allylic oxidation sites excluding steroid dienone is 2. The standard InChI is InChI=1S/C12H20N2OS/c1-12(2,3)16(15)13-7-11-10-5-9(6-10)8-14(11)4/h7,9H,5-6,8H2,1-4H3/b13-7+. The summed E-state index contributed by atoms with van der Waals surface area (Å²) in [5.74, 6) is 0.852. The largest absolute Gasteiger partial charge is 0.591 e. The van der Waals surface area contributed by atoms with E-state index < -0.39 is 11.4 Å². The Morgan fingerprint density at radius 3 is 2.56 bits per heavy atom. The average Bonchev–Trinajstić information content (AvgIpc) is 2.11. The molecule has 0 spiro atoms. The molecule has 1 aliphatic carbocycles. The summed E-state index contributed by atoms with van der Waals surface area (Å²) in [7, 11) is 2.09. The van der Waals surface area contributed by atoms with Crippen LogP contribution in [0.2, 0.25) is 0 Å². The first-order chi connectivity index (χ1) is 7.38. The van der Waals surface area contributed by atoms with E-state index in [0.29, 0.717) is 0 Å². The van der Waals surface area contributed by atoms with Crippen molar-refractivity contribution in [1.29, 1.82) is 0 Å². The van der Waals surface area contributed by atoms with Crippen molar-refractivity contribution in [3.8, 4) is 0 Å². The predicted octanol–water partition coefficient (Wildman–Crippen LogP) is 2.13. The lowest BCUT2D eigenvalue weighted by atomic mass is 9.75. The fourth-order valence-corrected chi connectivity index (χ4v) is 2.69. The molecule has 3 aliphatic rings. The maximum absolute atomic E-state index is 11.8. The average molecular weight is 240 g/mol. The molecule has 1 unspecified atom stereocenters. The van der Waals surface area contributed by atoms with Crippen molar-refractivity contribution in [2.75, 3.05) is 13.6 Å². The molecule has 3 nitrogen and oxygen atoms in total. The second kappa shape index (κ2) is 4.08. The first kappa shape index (κ1) is 12.0. The summed E-state index contributed by atoms with van der Waals surface area (Å²) in [6.45, 7) is 6.96. The molecule has 0 aromatic heterocycles. The quantitative estimate of drug-likeness (QED) is 0.548. The van der Waals surface area contributed by atoms with Gasteiger partial charge in [0.05, 0.1) is 5.70 Å². The second-order valence-corrected chi connectivity index (χ2v) is 7.67. The van der Waals surface area contributed by atoms with E-state index >= 15 is 0 Å². The van der Waals surface area contributed by atoms with Crippen molar-refractivity contribution in [1.82, 2.24) is 4.90 Å². The second-order valence-electron chi connectivity index (χ2n) is 5.74. The fourth-order valence-electron chi connectivity index (χ4n) is 2.18. The summed E-state index contributed by atoms with van der Waals surface area (Å²) in [5.41, 5.74) is 2.67. The van der Waals surface area contributed by atoms with Gasteiger partial charge < -0.3 is 9.45 Å². The van der Waals surface area contributed by atoms with Gasteiger partial charge in [-0.2, -0.15) is 0 Å². The summed E-state index contributed by atoms with van der Waals surface area (Å²) in [5, 5.41) is 0. The number of hydrogen-bond donors (Lipinski definition) is 0. The molecule has 1 atom stereocenters. The van der Waals surface area contributed by atoms with Gasteiger partial charge in [0, 0.05) is 13.6 Å². The molecule has 0 N–H and O–H groups in total. The molecular formula is C12H20N2OS. The molecule has 1 fully saturated rings. The monoisotopic (exact) mass is 240 g/mol. The molecule has 2 bridgehead atoms. The van der Waals surface area contributed by atoms with Crippen molar-refractivity contribution in [3.05, 3.63) is 11.3 Å². The predicted molar refractivity (Wildman–Crippen MR) is 68.8 cm³/mol. The fraction of sp³-hybridized carbons (Fsp3) is 0.750. The lowest BCUT2D eigenvalue weighted by Gasteiger charge is -2.42. The summed E-state index contributed by atoms with van der Waals surface area (Å²) in [6.07, 6.45) is 4.24. The lowest BCUT2D eigenvalue weighted by Crippen LogP contribution is -2.39. The Morgan fingerprint density at radius 1 is 1.44 bits per heavy atom. The van der Waals surface area contributed by atoms with Crippen LogP contribution in [0.5, 0.6) is 0 Å². The van der Waals surface area contributed by atoms with Crippen LogP contribution in [0.15, 0.2) is 15.7 Å². The van der Waals surface area contributed by atoms with Crippen molar-refractivity contribution in [2.45, 2.75) is 38.4 Å². The third-order valence-corrected chi connectivity index (χ3v) is 4.51. The smallest absolute Gasteiger partial charge is 0.144 e. The SMILES string of the molecule is CN1CC2CC(=C1/C=N/[S+]([O-])C(C)(C)C)C2. The molecule has 0 aromatic carbocycles. The third-order valence-electron chi connectivity index (χ3n) is 3.17. The molecule has 4 heteroatoms. The van der Waals surface area contributed by atoms with Crippen LogP contribution in [0.1, 0.15) is 33.6 Å². The van der Waals surface area contributed by atoms with E-state index in [2.05, 4.69) is 16.3 Å². The molecule has 0 radical (unpaired) electrons. The summed E-state index contributed by atoms with van der Waals surface area (Å²) in [6, 6.07) is 0. The highest BCUT2D eigenvalue weighted by Crippen LogP contribution is 2.40. The Hall–Kier alpha value is -0.480. The van der Waals surface area contributed by atoms with Gasteiger partial charge in [0.1, 0.15) is 22.3 Å². The van der Waals surface area contributed by atoms with Crippen LogP contribution in [0, 0.1) is 5.92 Å². The van der Waals surface area contributed by atoms with Gasteiger partial charge in [0.15, 0.2) is 0 Å². The van der Waals surface area contributed by atoms with Crippen molar-refractivity contribution in [3.63, 3.8) is 0 Å². The molecule has 3 rings (SSSR count). The molecular weight excluding hydrogens is 220 g/mol. The molecule has 0 saturated heterocycles. The van der Waals surface area contributed by atoms with Gasteiger partial charge in [0.25, 0.3) is 0 Å². The maximum Gasteiger partial charge on any atom is 0.144 e. The van der Waals surface area contributed by atoms with Crippen LogP contribution in [-0.2, 0) is 11.4 Å². The summed E-state index contributed by atoms with van der Waals surface area (Å²) in [4.78, 5) is 2.23. The van der Waals surface area contributed by atoms with Crippen LogP contribution in [0.4, 0.5) is 0 Å². The number of nitrogens with zero attached hydrogens (tertiary/aromatic N) is 2. The van der Waals surface area contributed by atoms with Crippen molar-refractivity contribution >= 4 is 17.6 Å². The van der Waals surface area contributed by atoms with E-state index in [9.17, 15) is 4.55 Å². The minimum Gasteiger partial charge on any atom is -0.591 e. The van der Waals surface area contributed by atoms with Crippen LogP contribution < -0.4 is 0 Å². The van der Waals surface area contributed by atoms with Gasteiger partial charge in [-0.1, -0.05) is 4.40 Å². The first-order valence-corrected chi connectivity index (χ1v) is 6.88. The Balaban J connectivity index is 2.07. The van der Waals surface area contributed by atoms with Gasteiger partial charge in [0.2, 0.25) is 0 Å². The van der Waals surface area contributed by atoms with Crippen LogP contribution in [0.3, 0.4) is 0 Å². The van der Waals surface area contributed by atoms with Crippen molar-refractivity contribution < 1.29 is 4.55 Å². The van der Waals surface area contributed by atoms with Crippen LogP contribution in [-0.4, -0.2) is 34.0 Å². The third kappa shape index (κ3) is 2.28. The lowest BCUT2D eigenvalue weighted by molar-refractivity contribution is 0.248. The number of fused-ring (bicyclic) bond motifs is 2. The van der Waals surface area contributed by atoms with E-state index in [1.165, 1.54) is 24.1 Å².